The number of hydrogen-bond acceptors (Lipinski definition) is 3. The summed E-state index contributed by atoms with van der Waals surface area (Å²) in [6, 6.07) is 0. The van der Waals surface area contributed by atoms with Crippen LogP contribution in [-0.2, 0) is 4.79 Å². The monoisotopic (exact) mass is 294 g/mol. The van der Waals surface area contributed by atoms with Gasteiger partial charge in [-0.3, -0.25) is 4.79 Å². The van der Waals surface area contributed by atoms with Gasteiger partial charge in [-0.1, -0.05) is 19.1 Å². The zero-order chi connectivity index (χ0) is 15.7. The molecule has 0 heterocycles. The van der Waals surface area contributed by atoms with Gasteiger partial charge in [0.15, 0.2) is 0 Å². The molecule has 3 N–H and O–H groups in total. The Hall–Kier alpha value is -1.31. The van der Waals surface area contributed by atoms with E-state index in [1.54, 1.807) is 0 Å². The Balaban J connectivity index is 2.41. The largest absolute Gasteiger partial charge is 0.481 e. The third kappa shape index (κ3) is 6.79. The first-order chi connectivity index (χ1) is 10.0. The fourth-order valence-corrected chi connectivity index (χ4v) is 2.62. The summed E-state index contributed by atoms with van der Waals surface area (Å²) in [4.78, 5) is 10.4. The fourth-order valence-electron chi connectivity index (χ4n) is 2.62. The van der Waals surface area contributed by atoms with Crippen LogP contribution < -0.4 is 0 Å². The zero-order valence-electron chi connectivity index (χ0n) is 12.7. The number of rotatable bonds is 7. The molecule has 0 aromatic carbocycles. The van der Waals surface area contributed by atoms with Gasteiger partial charge in [0.25, 0.3) is 0 Å². The molecule has 0 aromatic heterocycles. The van der Waals surface area contributed by atoms with E-state index in [0.29, 0.717) is 25.7 Å². The zero-order valence-corrected chi connectivity index (χ0v) is 12.7. The van der Waals surface area contributed by atoms with Crippen LogP contribution in [0.2, 0.25) is 0 Å². The van der Waals surface area contributed by atoms with Gasteiger partial charge in [0.05, 0.1) is 12.2 Å². The van der Waals surface area contributed by atoms with Crippen molar-refractivity contribution in [1.82, 2.24) is 0 Å². The lowest BCUT2D eigenvalue weighted by atomic mass is 9.91. The minimum atomic E-state index is -0.789. The summed E-state index contributed by atoms with van der Waals surface area (Å²) in [6.45, 7) is 1.93. The van der Waals surface area contributed by atoms with Crippen molar-refractivity contribution < 1.29 is 20.1 Å². The van der Waals surface area contributed by atoms with E-state index >= 15 is 0 Å². The highest BCUT2D eigenvalue weighted by molar-refractivity contribution is 5.66. The molecule has 0 aliphatic heterocycles. The van der Waals surface area contributed by atoms with Crippen LogP contribution in [0.25, 0.3) is 0 Å². The molecule has 4 heteroatoms. The third-order valence-electron chi connectivity index (χ3n) is 3.99. The van der Waals surface area contributed by atoms with Crippen molar-refractivity contribution >= 4 is 5.97 Å². The number of aliphatic hydroxyl groups excluding tert-OH is 2. The first-order valence-electron chi connectivity index (χ1n) is 7.76. The van der Waals surface area contributed by atoms with E-state index in [0.717, 1.165) is 12.8 Å². The first-order valence-corrected chi connectivity index (χ1v) is 7.76. The van der Waals surface area contributed by atoms with Gasteiger partial charge in [-0.2, -0.15) is 0 Å². The number of hydrogen-bond donors (Lipinski definition) is 3. The van der Waals surface area contributed by atoms with Crippen LogP contribution in [0.3, 0.4) is 0 Å². The van der Waals surface area contributed by atoms with Crippen LogP contribution in [0.4, 0.5) is 0 Å². The van der Waals surface area contributed by atoms with Crippen LogP contribution in [0.5, 0.6) is 0 Å². The van der Waals surface area contributed by atoms with Crippen LogP contribution in [0.1, 0.15) is 51.9 Å². The highest BCUT2D eigenvalue weighted by atomic mass is 16.4. The van der Waals surface area contributed by atoms with E-state index < -0.39 is 12.1 Å². The summed E-state index contributed by atoms with van der Waals surface area (Å²) >= 11 is 0. The lowest BCUT2D eigenvalue weighted by Crippen LogP contribution is -2.17. The van der Waals surface area contributed by atoms with Crippen molar-refractivity contribution in [2.45, 2.75) is 64.1 Å². The van der Waals surface area contributed by atoms with E-state index in [-0.39, 0.29) is 24.4 Å². The summed E-state index contributed by atoms with van der Waals surface area (Å²) in [6.07, 6.45) is 7.44. The number of aliphatic hydroxyl groups is 2. The summed E-state index contributed by atoms with van der Waals surface area (Å²) in [7, 11) is 0. The highest BCUT2D eigenvalue weighted by Gasteiger charge is 2.32. The Bertz CT molecular complexity index is 405. The molecule has 1 saturated carbocycles. The quantitative estimate of drug-likeness (QED) is 0.382. The molecule has 1 aliphatic rings. The summed E-state index contributed by atoms with van der Waals surface area (Å²) < 4.78 is 0. The maximum Gasteiger partial charge on any atom is 0.303 e. The molecular weight excluding hydrogens is 268 g/mol. The third-order valence-corrected chi connectivity index (χ3v) is 3.99. The Kier molecular flexibility index (Phi) is 8.11. The molecule has 21 heavy (non-hydrogen) atoms. The number of carboxylic acid groups (broad SMARTS) is 1. The molecule has 4 unspecified atom stereocenters. The predicted octanol–water partition coefficient (Wildman–Crippen LogP) is 2.35. The molecule has 4 atom stereocenters. The second-order valence-electron chi connectivity index (χ2n) is 5.64. The van der Waals surface area contributed by atoms with Crippen molar-refractivity contribution in [1.29, 1.82) is 0 Å². The average Bonchev–Trinajstić information content (AvgIpc) is 2.80. The Labute approximate surface area is 126 Å². The molecule has 0 radical (unpaired) electrons. The SMILES string of the molecule is CCC(O)C=CC1CCC(O)C1CC#CCCCC(=O)O. The fraction of sp³-hybridized carbons (Fsp3) is 0.706. The molecule has 0 spiro atoms. The van der Waals surface area contributed by atoms with E-state index in [9.17, 15) is 15.0 Å². The van der Waals surface area contributed by atoms with E-state index in [4.69, 9.17) is 5.11 Å². The van der Waals surface area contributed by atoms with Crippen molar-refractivity contribution in [3.8, 4) is 11.8 Å². The van der Waals surface area contributed by atoms with Crippen molar-refractivity contribution in [3.05, 3.63) is 12.2 Å². The van der Waals surface area contributed by atoms with Crippen LogP contribution in [0, 0.1) is 23.7 Å². The van der Waals surface area contributed by atoms with E-state index in [1.165, 1.54) is 0 Å². The van der Waals surface area contributed by atoms with Crippen LogP contribution in [-0.4, -0.2) is 33.5 Å². The van der Waals surface area contributed by atoms with E-state index in [1.807, 2.05) is 19.1 Å². The number of allylic oxidation sites excluding steroid dienone is 1. The second kappa shape index (κ2) is 9.59. The molecule has 0 aromatic rings. The van der Waals surface area contributed by atoms with Crippen LogP contribution in [0.15, 0.2) is 12.2 Å². The predicted molar refractivity (Wildman–Crippen MR) is 81.5 cm³/mol. The Morgan fingerprint density at radius 2 is 2.14 bits per heavy atom. The average molecular weight is 294 g/mol. The number of aliphatic carboxylic acids is 1. The van der Waals surface area contributed by atoms with Gasteiger partial charge in [-0.15, -0.1) is 11.8 Å². The molecule has 1 fully saturated rings. The topological polar surface area (TPSA) is 77.8 Å². The summed E-state index contributed by atoms with van der Waals surface area (Å²) in [5.41, 5.74) is 0. The van der Waals surface area contributed by atoms with Gasteiger partial charge in [0, 0.05) is 25.2 Å². The Morgan fingerprint density at radius 3 is 2.81 bits per heavy atom. The molecular formula is C17H26O4. The van der Waals surface area contributed by atoms with Gasteiger partial charge in [-0.05, 0) is 31.6 Å². The lowest BCUT2D eigenvalue weighted by molar-refractivity contribution is -0.137. The van der Waals surface area contributed by atoms with Gasteiger partial charge >= 0.3 is 5.97 Å². The number of carbonyl (C=O) groups is 1. The minimum Gasteiger partial charge on any atom is -0.481 e. The van der Waals surface area contributed by atoms with Gasteiger partial charge in [-0.25, -0.2) is 0 Å². The van der Waals surface area contributed by atoms with Crippen molar-refractivity contribution in [3.63, 3.8) is 0 Å². The molecule has 118 valence electrons. The summed E-state index contributed by atoms with van der Waals surface area (Å²) in [5, 5.41) is 28.1. The highest BCUT2D eigenvalue weighted by Crippen LogP contribution is 2.35. The molecule has 0 bridgehead atoms. The number of unbranched alkanes of at least 4 members (excludes halogenated alkanes) is 1. The Morgan fingerprint density at radius 1 is 1.38 bits per heavy atom. The molecule has 4 nitrogen and oxygen atoms in total. The maximum atomic E-state index is 10.4. The standard InChI is InChI=1S/C17H26O4/c1-2-14(18)11-9-13-10-12-16(19)15(13)7-5-3-4-6-8-17(20)21/h9,11,13-16,18-19H,2,4,6-8,10,12H2,1H3,(H,20,21). The smallest absolute Gasteiger partial charge is 0.303 e. The maximum absolute atomic E-state index is 10.4. The minimum absolute atomic E-state index is 0.122. The molecule has 1 rings (SSSR count). The molecule has 0 amide bonds. The number of carboxylic acids is 1. The molecule has 0 saturated heterocycles. The van der Waals surface area contributed by atoms with Gasteiger partial charge in [0.2, 0.25) is 0 Å². The first kappa shape index (κ1) is 17.7. The van der Waals surface area contributed by atoms with Crippen molar-refractivity contribution in [2.75, 3.05) is 0 Å². The van der Waals surface area contributed by atoms with Crippen molar-refractivity contribution in [2.24, 2.45) is 11.8 Å². The van der Waals surface area contributed by atoms with Gasteiger partial charge < -0.3 is 15.3 Å². The lowest BCUT2D eigenvalue weighted by Gasteiger charge is -2.17. The van der Waals surface area contributed by atoms with Gasteiger partial charge in [0.1, 0.15) is 0 Å². The normalized spacial score (nSPS) is 26.5. The van der Waals surface area contributed by atoms with E-state index in [2.05, 4.69) is 11.8 Å². The molecule has 1 aliphatic carbocycles. The second-order valence-corrected chi connectivity index (χ2v) is 5.64. The van der Waals surface area contributed by atoms with Crippen LogP contribution >= 0.6 is 0 Å². The summed E-state index contributed by atoms with van der Waals surface area (Å²) in [5.74, 6) is 5.66.